The number of rotatable bonds is 6. The van der Waals surface area contributed by atoms with Crippen LogP contribution < -0.4 is 4.72 Å². The zero-order chi connectivity index (χ0) is 21.3. The van der Waals surface area contributed by atoms with Gasteiger partial charge in [0.1, 0.15) is 5.82 Å². The van der Waals surface area contributed by atoms with Gasteiger partial charge in [-0.1, -0.05) is 18.2 Å². The number of hydrogen-bond donors (Lipinski definition) is 1. The van der Waals surface area contributed by atoms with Crippen LogP contribution in [-0.4, -0.2) is 29.5 Å². The maximum absolute atomic E-state index is 12.9. The molecule has 0 saturated heterocycles. The van der Waals surface area contributed by atoms with Gasteiger partial charge in [0.15, 0.2) is 0 Å². The first-order valence-electron chi connectivity index (χ1n) is 9.80. The van der Waals surface area contributed by atoms with Gasteiger partial charge in [0.25, 0.3) is 0 Å². The Morgan fingerprint density at radius 1 is 0.933 bits per heavy atom. The van der Waals surface area contributed by atoms with Gasteiger partial charge in [-0.3, -0.25) is 4.98 Å². The molecule has 0 aliphatic heterocycles. The molecule has 30 heavy (non-hydrogen) atoms. The molecule has 0 saturated carbocycles. The lowest BCUT2D eigenvalue weighted by atomic mass is 10.1. The topological polar surface area (TPSA) is 76.9 Å². The van der Waals surface area contributed by atoms with Crippen molar-refractivity contribution in [3.05, 3.63) is 77.6 Å². The zero-order valence-electron chi connectivity index (χ0n) is 17.3. The van der Waals surface area contributed by atoms with Crippen molar-refractivity contribution in [1.29, 1.82) is 0 Å². The van der Waals surface area contributed by atoms with Crippen LogP contribution in [0.25, 0.3) is 22.4 Å². The molecular weight excluding hydrogens is 396 g/mol. The summed E-state index contributed by atoms with van der Waals surface area (Å²) in [6.07, 6.45) is 3.45. The summed E-state index contributed by atoms with van der Waals surface area (Å²) in [6, 6.07) is 15.3. The monoisotopic (exact) mass is 420 g/mol. The maximum Gasteiger partial charge on any atom is 0.240 e. The van der Waals surface area contributed by atoms with Crippen LogP contribution in [0.1, 0.15) is 16.7 Å². The van der Waals surface area contributed by atoms with Crippen LogP contribution >= 0.6 is 0 Å². The fourth-order valence-corrected chi connectivity index (χ4v) is 4.95. The van der Waals surface area contributed by atoms with Crippen LogP contribution in [0.3, 0.4) is 0 Å². The summed E-state index contributed by atoms with van der Waals surface area (Å²) in [5, 5.41) is 0. The van der Waals surface area contributed by atoms with Gasteiger partial charge in [-0.25, -0.2) is 18.1 Å². The fourth-order valence-electron chi connectivity index (χ4n) is 3.62. The van der Waals surface area contributed by atoms with Crippen molar-refractivity contribution in [2.75, 3.05) is 6.54 Å². The lowest BCUT2D eigenvalue weighted by molar-refractivity contribution is 0.574. The molecule has 0 atom stereocenters. The number of para-hydroxylation sites is 2. The Kier molecular flexibility index (Phi) is 5.40. The van der Waals surface area contributed by atoms with Gasteiger partial charge in [-0.05, 0) is 67.8 Å². The number of nitrogens with one attached hydrogen (secondary N) is 1. The first kappa shape index (κ1) is 20.3. The van der Waals surface area contributed by atoms with Gasteiger partial charge >= 0.3 is 0 Å². The number of benzene rings is 2. The molecular formula is C23H24N4O2S. The molecule has 154 valence electrons. The maximum atomic E-state index is 12.9. The number of nitrogens with zero attached hydrogens (tertiary/aromatic N) is 3. The second-order valence-electron chi connectivity index (χ2n) is 7.41. The molecule has 2 heterocycles. The highest BCUT2D eigenvalue weighted by Crippen LogP contribution is 2.24. The van der Waals surface area contributed by atoms with Gasteiger partial charge in [0.2, 0.25) is 10.0 Å². The Morgan fingerprint density at radius 3 is 2.40 bits per heavy atom. The van der Waals surface area contributed by atoms with E-state index < -0.39 is 10.0 Å². The van der Waals surface area contributed by atoms with Crippen LogP contribution in [0.2, 0.25) is 0 Å². The van der Waals surface area contributed by atoms with E-state index in [4.69, 9.17) is 4.98 Å². The van der Waals surface area contributed by atoms with Crippen molar-refractivity contribution in [3.63, 3.8) is 0 Å². The lowest BCUT2D eigenvalue weighted by Crippen LogP contribution is -2.28. The smallest absolute Gasteiger partial charge is 0.240 e. The average molecular weight is 421 g/mol. The Balaban J connectivity index is 1.62. The van der Waals surface area contributed by atoms with Crippen molar-refractivity contribution in [1.82, 2.24) is 19.3 Å². The van der Waals surface area contributed by atoms with Crippen LogP contribution in [0.5, 0.6) is 0 Å². The van der Waals surface area contributed by atoms with E-state index in [1.165, 1.54) is 0 Å². The Hall–Kier alpha value is -3.03. The number of imidazole rings is 1. The number of aryl methyl sites for hydroxylation is 3. The van der Waals surface area contributed by atoms with Crippen molar-refractivity contribution in [3.8, 4) is 11.4 Å². The number of sulfonamides is 1. The highest BCUT2D eigenvalue weighted by molar-refractivity contribution is 7.89. The molecule has 6 nitrogen and oxygen atoms in total. The molecule has 0 spiro atoms. The summed E-state index contributed by atoms with van der Waals surface area (Å²) < 4.78 is 30.6. The van der Waals surface area contributed by atoms with Gasteiger partial charge in [-0.15, -0.1) is 0 Å². The molecule has 0 aliphatic carbocycles. The molecule has 4 aromatic rings. The average Bonchev–Trinajstić information content (AvgIpc) is 3.10. The molecule has 0 amide bonds. The van der Waals surface area contributed by atoms with Gasteiger partial charge in [0.05, 0.1) is 15.9 Å². The van der Waals surface area contributed by atoms with E-state index in [0.717, 1.165) is 39.1 Å². The first-order valence-corrected chi connectivity index (χ1v) is 11.3. The van der Waals surface area contributed by atoms with E-state index in [-0.39, 0.29) is 6.54 Å². The Morgan fingerprint density at radius 2 is 1.63 bits per heavy atom. The SMILES string of the molecule is Cc1cc(C)c(S(=O)(=O)NCCn2c(-c3ccncc3)nc3ccccc32)cc1C. The first-order chi connectivity index (χ1) is 14.4. The second-order valence-corrected chi connectivity index (χ2v) is 9.15. The lowest BCUT2D eigenvalue weighted by Gasteiger charge is -2.13. The van der Waals surface area contributed by atoms with Crippen LogP contribution in [-0.2, 0) is 16.6 Å². The number of aromatic nitrogens is 3. The molecule has 0 unspecified atom stereocenters. The summed E-state index contributed by atoms with van der Waals surface area (Å²) in [5.74, 6) is 0.792. The number of pyridine rings is 1. The van der Waals surface area contributed by atoms with Crippen molar-refractivity contribution < 1.29 is 8.42 Å². The predicted molar refractivity (Wildman–Crippen MR) is 119 cm³/mol. The standard InChI is InChI=1S/C23H24N4O2S/c1-16-14-18(3)22(15-17(16)2)30(28,29)25-12-13-27-21-7-5-4-6-20(21)26-23(27)19-8-10-24-11-9-19/h4-11,14-15,25H,12-13H2,1-3H3. The molecule has 2 aromatic carbocycles. The molecule has 4 rings (SSSR count). The summed E-state index contributed by atoms with van der Waals surface area (Å²) in [4.78, 5) is 9.15. The van der Waals surface area contributed by atoms with Gasteiger partial charge in [-0.2, -0.15) is 0 Å². The molecule has 7 heteroatoms. The predicted octanol–water partition coefficient (Wildman–Crippen LogP) is 4.00. The molecule has 0 bridgehead atoms. The number of hydrogen-bond acceptors (Lipinski definition) is 4. The summed E-state index contributed by atoms with van der Waals surface area (Å²) in [6.45, 7) is 6.45. The molecule has 2 aromatic heterocycles. The van der Waals surface area contributed by atoms with Gasteiger partial charge in [0, 0.05) is 31.0 Å². The third-order valence-corrected chi connectivity index (χ3v) is 6.90. The molecule has 0 radical (unpaired) electrons. The van der Waals surface area contributed by atoms with E-state index >= 15 is 0 Å². The summed E-state index contributed by atoms with van der Waals surface area (Å²) >= 11 is 0. The molecule has 1 N–H and O–H groups in total. The third-order valence-electron chi connectivity index (χ3n) is 5.30. The van der Waals surface area contributed by atoms with Crippen molar-refractivity contribution >= 4 is 21.1 Å². The van der Waals surface area contributed by atoms with E-state index in [1.54, 1.807) is 18.5 Å². The van der Waals surface area contributed by atoms with E-state index in [0.29, 0.717) is 11.4 Å². The minimum absolute atomic E-state index is 0.257. The fraction of sp³-hybridized carbons (Fsp3) is 0.217. The van der Waals surface area contributed by atoms with Crippen molar-refractivity contribution in [2.24, 2.45) is 0 Å². The highest BCUT2D eigenvalue weighted by Gasteiger charge is 2.18. The minimum atomic E-state index is -3.61. The Labute approximate surface area is 176 Å². The van der Waals surface area contributed by atoms with E-state index in [9.17, 15) is 8.42 Å². The largest absolute Gasteiger partial charge is 0.323 e. The van der Waals surface area contributed by atoms with E-state index in [1.807, 2.05) is 67.8 Å². The van der Waals surface area contributed by atoms with Crippen LogP contribution in [0.4, 0.5) is 0 Å². The quantitative estimate of drug-likeness (QED) is 0.511. The summed E-state index contributed by atoms with van der Waals surface area (Å²) in [7, 11) is -3.61. The zero-order valence-corrected chi connectivity index (χ0v) is 18.1. The second kappa shape index (κ2) is 8.01. The third kappa shape index (κ3) is 3.86. The van der Waals surface area contributed by atoms with Gasteiger partial charge < -0.3 is 4.57 Å². The van der Waals surface area contributed by atoms with Crippen molar-refractivity contribution in [2.45, 2.75) is 32.2 Å². The highest BCUT2D eigenvalue weighted by atomic mass is 32.2. The minimum Gasteiger partial charge on any atom is -0.323 e. The van der Waals surface area contributed by atoms with Crippen LogP contribution in [0.15, 0.2) is 65.8 Å². The van der Waals surface area contributed by atoms with E-state index in [2.05, 4.69) is 9.71 Å². The summed E-state index contributed by atoms with van der Waals surface area (Å²) in [5.41, 5.74) is 5.56. The normalized spacial score (nSPS) is 11.8. The Bertz CT molecular complexity index is 1310. The van der Waals surface area contributed by atoms with Crippen LogP contribution in [0, 0.1) is 20.8 Å². The number of fused-ring (bicyclic) bond motifs is 1. The molecule has 0 fully saturated rings. The molecule has 0 aliphatic rings.